The first-order valence-electron chi connectivity index (χ1n) is 7.02. The van der Waals surface area contributed by atoms with Gasteiger partial charge in [-0.3, -0.25) is 0 Å². The number of alkyl carbamates (subject to hydrolysis) is 1. The van der Waals surface area contributed by atoms with Crippen molar-refractivity contribution in [2.24, 2.45) is 5.73 Å². The summed E-state index contributed by atoms with van der Waals surface area (Å²) >= 11 is 0. The van der Waals surface area contributed by atoms with E-state index in [4.69, 9.17) is 14.9 Å². The Hall–Kier alpha value is -2.01. The number of hydrogen-bond acceptors (Lipinski definition) is 4. The van der Waals surface area contributed by atoms with Gasteiger partial charge in [0.05, 0.1) is 6.26 Å². The summed E-state index contributed by atoms with van der Waals surface area (Å²) in [4.78, 5) is 11.6. The maximum atomic E-state index is 11.6. The Balaban J connectivity index is 1.84. The van der Waals surface area contributed by atoms with Crippen molar-refractivity contribution < 1.29 is 13.9 Å². The van der Waals surface area contributed by atoms with Crippen LogP contribution in [0.15, 0.2) is 34.9 Å². The summed E-state index contributed by atoms with van der Waals surface area (Å²) < 4.78 is 10.5. The fraction of sp³-hybridized carbons (Fsp3) is 0.438. The highest BCUT2D eigenvalue weighted by Crippen LogP contribution is 2.17. The minimum absolute atomic E-state index is 0.165. The lowest BCUT2D eigenvalue weighted by Gasteiger charge is -2.20. The molecule has 0 bridgehead atoms. The van der Waals surface area contributed by atoms with E-state index in [0.29, 0.717) is 13.0 Å². The number of carbonyl (C=O) groups excluding carboxylic acids is 1. The van der Waals surface area contributed by atoms with Crippen molar-refractivity contribution in [2.45, 2.75) is 38.8 Å². The molecule has 2 aromatic rings. The molecule has 5 heteroatoms. The Morgan fingerprint density at radius 2 is 2.14 bits per heavy atom. The molecule has 1 amide bonds. The van der Waals surface area contributed by atoms with Crippen LogP contribution in [0.25, 0.3) is 11.0 Å². The molecule has 1 aromatic heterocycles. The molecule has 0 saturated carbocycles. The minimum Gasteiger partial charge on any atom is -0.464 e. The molecule has 0 aliphatic carbocycles. The van der Waals surface area contributed by atoms with E-state index in [1.54, 1.807) is 6.26 Å². The molecule has 0 fully saturated rings. The molecule has 5 nitrogen and oxygen atoms in total. The smallest absolute Gasteiger partial charge is 0.407 e. The van der Waals surface area contributed by atoms with E-state index in [2.05, 4.69) is 5.32 Å². The van der Waals surface area contributed by atoms with E-state index in [9.17, 15) is 4.79 Å². The van der Waals surface area contributed by atoms with Gasteiger partial charge in [-0.2, -0.15) is 0 Å². The fourth-order valence-corrected chi connectivity index (χ4v) is 2.05. The molecule has 1 heterocycles. The topological polar surface area (TPSA) is 77.5 Å². The van der Waals surface area contributed by atoms with Gasteiger partial charge in [0.25, 0.3) is 0 Å². The average Bonchev–Trinajstić information content (AvgIpc) is 2.81. The first-order chi connectivity index (χ1) is 9.83. The predicted molar refractivity (Wildman–Crippen MR) is 82.1 cm³/mol. The zero-order chi connectivity index (χ0) is 15.5. The number of nitrogens with two attached hydrogens (primary N) is 1. The van der Waals surface area contributed by atoms with E-state index >= 15 is 0 Å². The quantitative estimate of drug-likeness (QED) is 0.907. The van der Waals surface area contributed by atoms with Crippen molar-refractivity contribution in [1.82, 2.24) is 5.32 Å². The zero-order valence-corrected chi connectivity index (χ0v) is 12.7. The molecular formula is C16H22N2O3. The SMILES string of the molecule is CC(C)(C)OC(=O)NCC(N)Cc1ccc2occc2c1. The van der Waals surface area contributed by atoms with Crippen LogP contribution in [0.3, 0.4) is 0 Å². The largest absolute Gasteiger partial charge is 0.464 e. The van der Waals surface area contributed by atoms with Crippen LogP contribution in [0.4, 0.5) is 4.79 Å². The number of furan rings is 1. The van der Waals surface area contributed by atoms with Gasteiger partial charge in [0.1, 0.15) is 11.2 Å². The third-order valence-corrected chi connectivity index (χ3v) is 2.92. The van der Waals surface area contributed by atoms with Gasteiger partial charge in [-0.1, -0.05) is 6.07 Å². The van der Waals surface area contributed by atoms with Gasteiger partial charge < -0.3 is 20.2 Å². The molecule has 3 N–H and O–H groups in total. The van der Waals surface area contributed by atoms with E-state index in [1.165, 1.54) is 0 Å². The second-order valence-corrected chi connectivity index (χ2v) is 6.14. The summed E-state index contributed by atoms with van der Waals surface area (Å²) in [6, 6.07) is 7.72. The fourth-order valence-electron chi connectivity index (χ4n) is 2.05. The summed E-state index contributed by atoms with van der Waals surface area (Å²) in [6.07, 6.45) is 1.90. The van der Waals surface area contributed by atoms with Crippen LogP contribution >= 0.6 is 0 Å². The molecule has 2 rings (SSSR count). The van der Waals surface area contributed by atoms with Gasteiger partial charge in [0.15, 0.2) is 0 Å². The highest BCUT2D eigenvalue weighted by molar-refractivity contribution is 5.77. The second-order valence-electron chi connectivity index (χ2n) is 6.14. The lowest BCUT2D eigenvalue weighted by atomic mass is 10.1. The first-order valence-corrected chi connectivity index (χ1v) is 7.02. The summed E-state index contributed by atoms with van der Waals surface area (Å²) in [6.45, 7) is 5.85. The molecule has 1 unspecified atom stereocenters. The summed E-state index contributed by atoms with van der Waals surface area (Å²) in [5.41, 5.74) is 7.52. The number of benzene rings is 1. The lowest BCUT2D eigenvalue weighted by Crippen LogP contribution is -2.41. The molecule has 0 spiro atoms. The molecule has 114 valence electrons. The van der Waals surface area contributed by atoms with E-state index in [-0.39, 0.29) is 6.04 Å². The summed E-state index contributed by atoms with van der Waals surface area (Å²) in [5, 5.41) is 3.74. The van der Waals surface area contributed by atoms with E-state index in [1.807, 2.05) is 45.0 Å². The molecular weight excluding hydrogens is 268 g/mol. The Bertz CT molecular complexity index is 613. The van der Waals surface area contributed by atoms with Gasteiger partial charge in [-0.05, 0) is 51.0 Å². The first kappa shape index (κ1) is 15.4. The van der Waals surface area contributed by atoms with Gasteiger partial charge in [-0.25, -0.2) is 4.79 Å². The van der Waals surface area contributed by atoms with Crippen LogP contribution in [-0.2, 0) is 11.2 Å². The van der Waals surface area contributed by atoms with Crippen LogP contribution in [0.2, 0.25) is 0 Å². The van der Waals surface area contributed by atoms with Crippen LogP contribution < -0.4 is 11.1 Å². The normalized spacial score (nSPS) is 13.1. The number of carbonyl (C=O) groups is 1. The summed E-state index contributed by atoms with van der Waals surface area (Å²) in [5.74, 6) is 0. The minimum atomic E-state index is -0.500. The number of ether oxygens (including phenoxy) is 1. The van der Waals surface area contributed by atoms with Crippen LogP contribution in [0, 0.1) is 0 Å². The molecule has 1 atom stereocenters. The molecule has 1 aromatic carbocycles. The van der Waals surface area contributed by atoms with Crippen molar-refractivity contribution in [3.8, 4) is 0 Å². The third-order valence-electron chi connectivity index (χ3n) is 2.92. The molecule has 0 saturated heterocycles. The number of rotatable bonds is 4. The van der Waals surface area contributed by atoms with Crippen LogP contribution in [-0.4, -0.2) is 24.3 Å². The molecule has 0 aliphatic heterocycles. The van der Waals surface area contributed by atoms with Crippen molar-refractivity contribution in [1.29, 1.82) is 0 Å². The van der Waals surface area contributed by atoms with Gasteiger partial charge in [0.2, 0.25) is 0 Å². The molecule has 0 aliphatic rings. The maximum absolute atomic E-state index is 11.6. The number of fused-ring (bicyclic) bond motifs is 1. The van der Waals surface area contributed by atoms with Crippen molar-refractivity contribution in [2.75, 3.05) is 6.54 Å². The van der Waals surface area contributed by atoms with E-state index < -0.39 is 11.7 Å². The Labute approximate surface area is 124 Å². The van der Waals surface area contributed by atoms with Crippen molar-refractivity contribution in [3.63, 3.8) is 0 Å². The zero-order valence-electron chi connectivity index (χ0n) is 12.7. The summed E-state index contributed by atoms with van der Waals surface area (Å²) in [7, 11) is 0. The average molecular weight is 290 g/mol. The lowest BCUT2D eigenvalue weighted by molar-refractivity contribution is 0.0524. The van der Waals surface area contributed by atoms with Crippen LogP contribution in [0.5, 0.6) is 0 Å². The van der Waals surface area contributed by atoms with Gasteiger partial charge in [-0.15, -0.1) is 0 Å². The van der Waals surface area contributed by atoms with Crippen molar-refractivity contribution in [3.05, 3.63) is 36.1 Å². The highest BCUT2D eigenvalue weighted by Gasteiger charge is 2.16. The monoisotopic (exact) mass is 290 g/mol. The predicted octanol–water partition coefficient (Wildman–Crippen LogP) is 2.83. The van der Waals surface area contributed by atoms with Crippen molar-refractivity contribution >= 4 is 17.1 Å². The number of hydrogen-bond donors (Lipinski definition) is 2. The number of nitrogens with one attached hydrogen (secondary N) is 1. The second kappa shape index (κ2) is 6.18. The highest BCUT2D eigenvalue weighted by atomic mass is 16.6. The standard InChI is InChI=1S/C16H22N2O3/c1-16(2,3)21-15(19)18-10-13(17)9-11-4-5-14-12(8-11)6-7-20-14/h4-8,13H,9-10,17H2,1-3H3,(H,18,19). The van der Waals surface area contributed by atoms with Gasteiger partial charge >= 0.3 is 6.09 Å². The van der Waals surface area contributed by atoms with E-state index in [0.717, 1.165) is 16.5 Å². The molecule has 0 radical (unpaired) electrons. The number of amides is 1. The Kier molecular flexibility index (Phi) is 4.53. The third kappa shape index (κ3) is 4.79. The maximum Gasteiger partial charge on any atom is 0.407 e. The molecule has 21 heavy (non-hydrogen) atoms. The van der Waals surface area contributed by atoms with Gasteiger partial charge in [0, 0.05) is 18.0 Å². The Morgan fingerprint density at radius 1 is 1.38 bits per heavy atom. The Morgan fingerprint density at radius 3 is 2.86 bits per heavy atom. The van der Waals surface area contributed by atoms with Crippen LogP contribution in [0.1, 0.15) is 26.3 Å².